The zero-order valence-electron chi connectivity index (χ0n) is 12.1. The van der Waals surface area contributed by atoms with Crippen LogP contribution < -0.4 is 10.9 Å². The van der Waals surface area contributed by atoms with Crippen LogP contribution in [0.15, 0.2) is 24.3 Å². The molecule has 0 unspecified atom stereocenters. The Morgan fingerprint density at radius 3 is 2.61 bits per heavy atom. The van der Waals surface area contributed by atoms with Gasteiger partial charge in [-0.25, -0.2) is 0 Å². The van der Waals surface area contributed by atoms with E-state index in [0.717, 1.165) is 12.8 Å². The number of esters is 1. The largest absolute Gasteiger partial charge is 0.462 e. The average Bonchev–Trinajstić information content (AvgIpc) is 3.14. The molecule has 0 radical (unpaired) electrons. The highest BCUT2D eigenvalue weighted by Crippen LogP contribution is 2.57. The number of carbonyl (C=O) groups is 3. The molecule has 3 fully saturated rings. The summed E-state index contributed by atoms with van der Waals surface area (Å²) in [4.78, 5) is 36.3. The van der Waals surface area contributed by atoms with Gasteiger partial charge in [-0.05, 0) is 43.0 Å². The second-order valence-electron chi connectivity index (χ2n) is 6.37. The van der Waals surface area contributed by atoms with Crippen LogP contribution in [0.5, 0.6) is 0 Å². The Morgan fingerprint density at radius 2 is 1.87 bits per heavy atom. The molecule has 2 N–H and O–H groups in total. The van der Waals surface area contributed by atoms with Crippen molar-refractivity contribution in [2.24, 2.45) is 23.7 Å². The maximum atomic E-state index is 12.4. The molecule has 7 heteroatoms. The van der Waals surface area contributed by atoms with E-state index in [1.165, 1.54) is 0 Å². The van der Waals surface area contributed by atoms with Gasteiger partial charge < -0.3 is 4.74 Å². The Hall–Kier alpha value is -2.08. The predicted molar refractivity (Wildman–Crippen MR) is 80.1 cm³/mol. The van der Waals surface area contributed by atoms with Gasteiger partial charge in [0, 0.05) is 16.5 Å². The molecule has 120 valence electrons. The first-order chi connectivity index (χ1) is 11.0. The minimum atomic E-state index is -0.426. The number of hydrazine groups is 1. The number of rotatable bonds is 2. The highest BCUT2D eigenvalue weighted by Gasteiger charge is 2.63. The Balaban J connectivity index is 1.40. The van der Waals surface area contributed by atoms with Crippen molar-refractivity contribution in [2.45, 2.75) is 18.9 Å². The van der Waals surface area contributed by atoms with E-state index in [4.69, 9.17) is 16.3 Å². The Labute approximate surface area is 137 Å². The Bertz CT molecular complexity index is 688. The second-order valence-corrected chi connectivity index (χ2v) is 6.81. The van der Waals surface area contributed by atoms with Crippen LogP contribution in [-0.4, -0.2) is 23.9 Å². The van der Waals surface area contributed by atoms with Gasteiger partial charge in [-0.15, -0.1) is 0 Å². The molecular weight excluding hydrogens is 320 g/mol. The topological polar surface area (TPSA) is 84.5 Å². The molecule has 2 saturated carbocycles. The maximum Gasteiger partial charge on any atom is 0.310 e. The zero-order valence-corrected chi connectivity index (χ0v) is 12.9. The number of amides is 2. The lowest BCUT2D eigenvalue weighted by Gasteiger charge is -2.23. The molecule has 4 rings (SSSR count). The maximum absolute atomic E-state index is 12.4. The Kier molecular flexibility index (Phi) is 3.30. The lowest BCUT2D eigenvalue weighted by molar-refractivity contribution is -0.146. The van der Waals surface area contributed by atoms with E-state index >= 15 is 0 Å². The van der Waals surface area contributed by atoms with Crippen LogP contribution >= 0.6 is 11.6 Å². The van der Waals surface area contributed by atoms with E-state index < -0.39 is 11.8 Å². The molecule has 6 nitrogen and oxygen atoms in total. The smallest absolute Gasteiger partial charge is 0.310 e. The number of fused-ring (bicyclic) bond motifs is 1. The monoisotopic (exact) mass is 334 g/mol. The summed E-state index contributed by atoms with van der Waals surface area (Å²) in [6, 6.07) is 6.34. The summed E-state index contributed by atoms with van der Waals surface area (Å²) < 4.78 is 5.31. The summed E-state index contributed by atoms with van der Waals surface area (Å²) in [7, 11) is 0. The SMILES string of the molecule is O=C(NNC(=O)[C@@H]1[C@@H]2C[C@@H]3[C@@H]1C(=O)O[C@@H]3C2)c1ccc(Cl)cc1. The standard InChI is InChI=1S/C16H15ClN2O4/c17-9-3-1-7(2-4-9)14(20)18-19-15(21)12-8-5-10-11(6-8)23-16(22)13(10)12/h1-4,8,10-13H,5-6H2,(H,18,20)(H,19,21)/t8-,10+,11-,12-,13+/m1/s1. The molecule has 23 heavy (non-hydrogen) atoms. The molecule has 5 atom stereocenters. The van der Waals surface area contributed by atoms with Crippen molar-refractivity contribution in [1.29, 1.82) is 0 Å². The highest BCUT2D eigenvalue weighted by molar-refractivity contribution is 6.30. The van der Waals surface area contributed by atoms with E-state index in [1.807, 2.05) is 0 Å². The summed E-state index contributed by atoms with van der Waals surface area (Å²) >= 11 is 5.77. The molecule has 1 aromatic carbocycles. The summed E-state index contributed by atoms with van der Waals surface area (Å²) in [6.45, 7) is 0. The lowest BCUT2D eigenvalue weighted by atomic mass is 9.79. The molecule has 1 heterocycles. The van der Waals surface area contributed by atoms with Crippen LogP contribution in [0.4, 0.5) is 0 Å². The highest BCUT2D eigenvalue weighted by atomic mass is 35.5. The first kappa shape index (κ1) is 14.5. The molecule has 1 aromatic rings. The van der Waals surface area contributed by atoms with Gasteiger partial charge in [0.05, 0.1) is 11.8 Å². The molecule has 3 aliphatic rings. The fourth-order valence-corrected chi connectivity index (χ4v) is 4.36. The van der Waals surface area contributed by atoms with Crippen molar-refractivity contribution < 1.29 is 19.1 Å². The molecule has 1 aliphatic heterocycles. The number of hydrogen-bond donors (Lipinski definition) is 2. The number of halogens is 1. The quantitative estimate of drug-likeness (QED) is 0.630. The normalized spacial score (nSPS) is 33.4. The molecule has 0 spiro atoms. The molecular formula is C16H15ClN2O4. The van der Waals surface area contributed by atoms with E-state index in [0.29, 0.717) is 10.6 Å². The van der Waals surface area contributed by atoms with Crippen molar-refractivity contribution in [1.82, 2.24) is 10.9 Å². The van der Waals surface area contributed by atoms with Crippen LogP contribution in [-0.2, 0) is 14.3 Å². The van der Waals surface area contributed by atoms with Crippen molar-refractivity contribution in [3.63, 3.8) is 0 Å². The van der Waals surface area contributed by atoms with Gasteiger partial charge in [-0.3, -0.25) is 25.2 Å². The number of benzene rings is 1. The molecule has 2 aliphatic carbocycles. The molecule has 2 amide bonds. The second kappa shape index (κ2) is 5.23. The van der Waals surface area contributed by atoms with Crippen molar-refractivity contribution in [3.8, 4) is 0 Å². The third-order valence-electron chi connectivity index (χ3n) is 5.19. The summed E-state index contributed by atoms with van der Waals surface area (Å²) in [6.07, 6.45) is 1.59. The fraction of sp³-hybridized carbons (Fsp3) is 0.438. The lowest BCUT2D eigenvalue weighted by Crippen LogP contribution is -2.48. The van der Waals surface area contributed by atoms with Gasteiger partial charge in [0.1, 0.15) is 6.10 Å². The van der Waals surface area contributed by atoms with Crippen LogP contribution in [0.25, 0.3) is 0 Å². The number of hydrogen-bond acceptors (Lipinski definition) is 4. The molecule has 1 saturated heterocycles. The first-order valence-electron chi connectivity index (χ1n) is 7.61. The van der Waals surface area contributed by atoms with Crippen LogP contribution in [0.2, 0.25) is 5.02 Å². The van der Waals surface area contributed by atoms with Crippen LogP contribution in [0, 0.1) is 23.7 Å². The summed E-state index contributed by atoms with van der Waals surface area (Å²) in [5.74, 6) is -1.46. The fourth-order valence-electron chi connectivity index (χ4n) is 4.24. The van der Waals surface area contributed by atoms with Crippen LogP contribution in [0.1, 0.15) is 23.2 Å². The summed E-state index contributed by atoms with van der Waals surface area (Å²) in [5, 5.41) is 0.530. The third-order valence-corrected chi connectivity index (χ3v) is 5.44. The molecule has 2 bridgehead atoms. The van der Waals surface area contributed by atoms with Crippen molar-refractivity contribution in [2.75, 3.05) is 0 Å². The van der Waals surface area contributed by atoms with Gasteiger partial charge in [0.25, 0.3) is 5.91 Å². The van der Waals surface area contributed by atoms with Crippen molar-refractivity contribution in [3.05, 3.63) is 34.9 Å². The predicted octanol–water partition coefficient (Wildman–Crippen LogP) is 1.30. The summed E-state index contributed by atoms with van der Waals surface area (Å²) in [5.41, 5.74) is 5.23. The zero-order chi connectivity index (χ0) is 16.1. The van der Waals surface area contributed by atoms with Gasteiger partial charge in [0.15, 0.2) is 0 Å². The van der Waals surface area contributed by atoms with Gasteiger partial charge in [-0.1, -0.05) is 11.6 Å². The first-order valence-corrected chi connectivity index (χ1v) is 7.98. The average molecular weight is 335 g/mol. The van der Waals surface area contributed by atoms with E-state index in [-0.39, 0.29) is 35.7 Å². The molecule has 0 aromatic heterocycles. The van der Waals surface area contributed by atoms with Crippen LogP contribution in [0.3, 0.4) is 0 Å². The van der Waals surface area contributed by atoms with Gasteiger partial charge >= 0.3 is 5.97 Å². The Morgan fingerprint density at radius 1 is 1.13 bits per heavy atom. The van der Waals surface area contributed by atoms with E-state index in [2.05, 4.69) is 10.9 Å². The number of carbonyl (C=O) groups excluding carboxylic acids is 3. The van der Waals surface area contributed by atoms with E-state index in [1.54, 1.807) is 24.3 Å². The van der Waals surface area contributed by atoms with E-state index in [9.17, 15) is 14.4 Å². The van der Waals surface area contributed by atoms with Crippen molar-refractivity contribution >= 4 is 29.4 Å². The number of nitrogens with one attached hydrogen (secondary N) is 2. The van der Waals surface area contributed by atoms with Gasteiger partial charge in [0.2, 0.25) is 5.91 Å². The van der Waals surface area contributed by atoms with Gasteiger partial charge in [-0.2, -0.15) is 0 Å². The minimum Gasteiger partial charge on any atom is -0.462 e. The minimum absolute atomic E-state index is 0.00907. The third kappa shape index (κ3) is 2.28. The number of ether oxygens (including phenoxy) is 1.